The standard InChI is InChI=1S/C37H49N3O10/c1-35(2,3)47-28(43)17-15-25(20-41)38-34(45)36-18-26-29-30(49-37(48-29,23-11-12-23)24-13-14-24)32(36)50-40(31(36)33(44)46-26)19-22-8-6-21(7-9-22)10-16-27(42)39(4)5/h6-10,16,23-26,29-32,41H,11-15,17-20H2,1-5H3,(H,38,45)/t25-,26+,29-,30-,31-,32+,36-/m0/s1. The van der Waals surface area contributed by atoms with Crippen LogP contribution in [0.3, 0.4) is 0 Å². The summed E-state index contributed by atoms with van der Waals surface area (Å²) in [6.07, 6.45) is 4.73. The molecule has 13 heteroatoms. The van der Waals surface area contributed by atoms with Crippen LogP contribution in [0.4, 0.5) is 0 Å². The predicted molar refractivity (Wildman–Crippen MR) is 177 cm³/mol. The summed E-state index contributed by atoms with van der Waals surface area (Å²) in [5.74, 6) is -1.87. The van der Waals surface area contributed by atoms with Crippen molar-refractivity contribution in [1.82, 2.24) is 15.3 Å². The number of ether oxygens (including phenoxy) is 4. The van der Waals surface area contributed by atoms with Gasteiger partial charge in [0.15, 0.2) is 11.8 Å². The molecule has 3 heterocycles. The third-order valence-corrected chi connectivity index (χ3v) is 10.8. The Balaban J connectivity index is 1.16. The van der Waals surface area contributed by atoms with Crippen molar-refractivity contribution in [1.29, 1.82) is 0 Å². The first-order valence-electron chi connectivity index (χ1n) is 17.9. The number of rotatable bonds is 12. The molecular weight excluding hydrogens is 646 g/mol. The number of likely N-dealkylation sites (N-methyl/N-ethyl adjacent to an activating group) is 1. The number of esters is 2. The first-order chi connectivity index (χ1) is 23.7. The van der Waals surface area contributed by atoms with Gasteiger partial charge in [0.1, 0.15) is 35.4 Å². The second kappa shape index (κ2) is 13.0. The largest absolute Gasteiger partial charge is 0.460 e. The first-order valence-corrected chi connectivity index (χ1v) is 17.9. The third kappa shape index (κ3) is 6.47. The van der Waals surface area contributed by atoms with Gasteiger partial charge in [-0.3, -0.25) is 24.0 Å². The number of fused-ring (bicyclic) bond motifs is 4. The maximum atomic E-state index is 14.7. The Hall–Kier alpha value is -3.36. The Morgan fingerprint density at radius 2 is 1.74 bits per heavy atom. The van der Waals surface area contributed by atoms with E-state index in [-0.39, 0.29) is 43.6 Å². The van der Waals surface area contributed by atoms with Crippen LogP contribution in [-0.4, -0.2) is 107 Å². The van der Waals surface area contributed by atoms with Crippen molar-refractivity contribution in [3.8, 4) is 0 Å². The fourth-order valence-electron chi connectivity index (χ4n) is 8.11. The molecule has 2 amide bonds. The normalized spacial score (nSPS) is 32.0. The fourth-order valence-corrected chi connectivity index (χ4v) is 8.11. The molecule has 6 aliphatic rings. The monoisotopic (exact) mass is 695 g/mol. The van der Waals surface area contributed by atoms with E-state index in [1.165, 1.54) is 16.0 Å². The van der Waals surface area contributed by atoms with Gasteiger partial charge in [-0.15, -0.1) is 0 Å². The van der Waals surface area contributed by atoms with Crippen molar-refractivity contribution in [3.63, 3.8) is 0 Å². The minimum absolute atomic E-state index is 0.00262. The van der Waals surface area contributed by atoms with Gasteiger partial charge in [-0.1, -0.05) is 24.3 Å². The highest BCUT2D eigenvalue weighted by molar-refractivity contribution is 5.94. The van der Waals surface area contributed by atoms with E-state index in [0.717, 1.165) is 36.8 Å². The Kier molecular flexibility index (Phi) is 9.12. The Morgan fingerprint density at radius 1 is 1.08 bits per heavy atom. The summed E-state index contributed by atoms with van der Waals surface area (Å²) in [4.78, 5) is 61.3. The van der Waals surface area contributed by atoms with Gasteiger partial charge in [0.05, 0.1) is 19.2 Å². The van der Waals surface area contributed by atoms with E-state index < -0.39 is 77.8 Å². The average molecular weight is 696 g/mol. The lowest BCUT2D eigenvalue weighted by molar-refractivity contribution is -0.235. The van der Waals surface area contributed by atoms with Crippen molar-refractivity contribution in [2.75, 3.05) is 20.7 Å². The highest BCUT2D eigenvalue weighted by Crippen LogP contribution is 2.63. The molecule has 0 unspecified atom stereocenters. The summed E-state index contributed by atoms with van der Waals surface area (Å²) in [6.45, 7) is 5.11. The lowest BCUT2D eigenvalue weighted by atomic mass is 9.62. The molecule has 3 aliphatic carbocycles. The second-order valence-electron chi connectivity index (χ2n) is 15.9. The molecule has 3 saturated heterocycles. The zero-order chi connectivity index (χ0) is 35.6. The first kappa shape index (κ1) is 35.1. The van der Waals surface area contributed by atoms with E-state index in [1.54, 1.807) is 40.9 Å². The minimum atomic E-state index is -1.40. The highest BCUT2D eigenvalue weighted by atomic mass is 16.8. The van der Waals surface area contributed by atoms with E-state index in [1.807, 2.05) is 24.3 Å². The van der Waals surface area contributed by atoms with E-state index in [9.17, 15) is 24.3 Å². The number of nitrogens with zero attached hydrogens (tertiary/aromatic N) is 2. The van der Waals surface area contributed by atoms with Gasteiger partial charge >= 0.3 is 11.9 Å². The summed E-state index contributed by atoms with van der Waals surface area (Å²) in [5.41, 5.74) is -0.414. The van der Waals surface area contributed by atoms with Crippen LogP contribution in [0.2, 0.25) is 0 Å². The van der Waals surface area contributed by atoms with Crippen molar-refractivity contribution >= 4 is 29.8 Å². The number of hydroxylamine groups is 2. The highest BCUT2D eigenvalue weighted by Gasteiger charge is 2.78. The third-order valence-electron chi connectivity index (χ3n) is 10.8. The number of amides is 2. The van der Waals surface area contributed by atoms with Gasteiger partial charge in [0.2, 0.25) is 11.8 Å². The molecule has 50 heavy (non-hydrogen) atoms. The van der Waals surface area contributed by atoms with Crippen LogP contribution in [0.15, 0.2) is 30.3 Å². The number of aliphatic hydroxyl groups excluding tert-OH is 1. The number of benzene rings is 1. The smallest absolute Gasteiger partial charge is 0.327 e. The number of aliphatic hydroxyl groups is 1. The van der Waals surface area contributed by atoms with Crippen LogP contribution in [-0.2, 0) is 49.5 Å². The minimum Gasteiger partial charge on any atom is -0.460 e. The molecule has 2 bridgehead atoms. The molecule has 3 aliphatic heterocycles. The predicted octanol–water partition coefficient (Wildman–Crippen LogP) is 2.49. The molecule has 7 rings (SSSR count). The Labute approximate surface area is 292 Å². The lowest BCUT2D eigenvalue weighted by Crippen LogP contribution is -2.70. The number of hydrogen-bond donors (Lipinski definition) is 2. The summed E-state index contributed by atoms with van der Waals surface area (Å²) in [6, 6.07) is 5.66. The van der Waals surface area contributed by atoms with Gasteiger partial charge in [0, 0.05) is 44.8 Å². The van der Waals surface area contributed by atoms with E-state index in [0.29, 0.717) is 0 Å². The van der Waals surface area contributed by atoms with Crippen LogP contribution >= 0.6 is 0 Å². The summed E-state index contributed by atoms with van der Waals surface area (Å²) >= 11 is 0. The molecule has 0 spiro atoms. The molecule has 13 nitrogen and oxygen atoms in total. The van der Waals surface area contributed by atoms with Crippen LogP contribution < -0.4 is 5.32 Å². The van der Waals surface area contributed by atoms with Crippen molar-refractivity contribution in [2.45, 2.75) is 120 Å². The Morgan fingerprint density at radius 3 is 2.34 bits per heavy atom. The van der Waals surface area contributed by atoms with Crippen LogP contribution in [0.1, 0.15) is 76.8 Å². The van der Waals surface area contributed by atoms with Gasteiger partial charge < -0.3 is 34.3 Å². The SMILES string of the molecule is CN(C)C(=O)C=Cc1ccc(CN2O[C@@H]3[C@H]4OC(C5CC5)(C5CC5)O[C@H]4[C@H]4C[C@]3(C(=O)N[C@H](CO)CCC(=O)OC(C)(C)C)[C@@H]2C(=O)O4)cc1. The van der Waals surface area contributed by atoms with Gasteiger partial charge in [-0.05, 0) is 70.1 Å². The number of hydrogen-bond acceptors (Lipinski definition) is 11. The zero-order valence-electron chi connectivity index (χ0n) is 29.5. The molecule has 272 valence electrons. The number of nitrogens with one attached hydrogen (secondary N) is 1. The summed E-state index contributed by atoms with van der Waals surface area (Å²) in [7, 11) is 3.37. The van der Waals surface area contributed by atoms with Crippen molar-refractivity contribution in [2.24, 2.45) is 17.3 Å². The van der Waals surface area contributed by atoms with E-state index in [4.69, 9.17) is 23.8 Å². The van der Waals surface area contributed by atoms with Crippen molar-refractivity contribution < 1.29 is 48.1 Å². The van der Waals surface area contributed by atoms with Gasteiger partial charge in [-0.25, -0.2) is 0 Å². The average Bonchev–Trinajstić information content (AvgIpc) is 4.01. The summed E-state index contributed by atoms with van der Waals surface area (Å²) < 4.78 is 25.2. The molecule has 1 aromatic rings. The molecule has 1 aromatic carbocycles. The quantitative estimate of drug-likeness (QED) is 0.245. The fraction of sp³-hybridized carbons (Fsp3) is 0.676. The lowest BCUT2D eigenvalue weighted by Gasteiger charge is -2.49. The molecule has 3 saturated carbocycles. The molecule has 6 fully saturated rings. The number of carbonyl (C=O) groups excluding carboxylic acids is 4. The maximum absolute atomic E-state index is 14.7. The van der Waals surface area contributed by atoms with E-state index >= 15 is 0 Å². The number of carbonyl (C=O) groups is 4. The molecule has 2 N–H and O–H groups in total. The zero-order valence-corrected chi connectivity index (χ0v) is 29.5. The molecular formula is C37H49N3O10. The van der Waals surface area contributed by atoms with Crippen LogP contribution in [0.5, 0.6) is 0 Å². The summed E-state index contributed by atoms with van der Waals surface area (Å²) in [5, 5.41) is 14.8. The maximum Gasteiger partial charge on any atom is 0.327 e. The van der Waals surface area contributed by atoms with E-state index in [2.05, 4.69) is 5.32 Å². The molecule has 0 aromatic heterocycles. The van der Waals surface area contributed by atoms with Crippen LogP contribution in [0, 0.1) is 17.3 Å². The Bertz CT molecular complexity index is 1520. The molecule has 0 radical (unpaired) electrons. The van der Waals surface area contributed by atoms with Gasteiger partial charge in [-0.2, -0.15) is 5.06 Å². The van der Waals surface area contributed by atoms with Crippen LogP contribution in [0.25, 0.3) is 6.08 Å². The second-order valence-corrected chi connectivity index (χ2v) is 15.9. The van der Waals surface area contributed by atoms with Gasteiger partial charge in [0.25, 0.3) is 0 Å². The topological polar surface area (TPSA) is 153 Å². The molecule has 7 atom stereocenters. The van der Waals surface area contributed by atoms with Crippen molar-refractivity contribution in [3.05, 3.63) is 41.5 Å².